The van der Waals surface area contributed by atoms with Crippen LogP contribution in [0.15, 0.2) is 54.9 Å². The van der Waals surface area contributed by atoms with Gasteiger partial charge in [0.2, 0.25) is 0 Å². The Hall–Kier alpha value is -4.51. The fourth-order valence-electron chi connectivity index (χ4n) is 4.66. The van der Waals surface area contributed by atoms with Crippen molar-refractivity contribution in [2.75, 3.05) is 18.4 Å². The molecule has 1 unspecified atom stereocenters. The van der Waals surface area contributed by atoms with E-state index in [2.05, 4.69) is 31.5 Å². The Morgan fingerprint density at radius 3 is 2.61 bits per heavy atom. The van der Waals surface area contributed by atoms with E-state index >= 15 is 0 Å². The number of imidazole rings is 1. The number of carbonyl (C=O) groups is 2. The molecule has 1 aliphatic rings. The lowest BCUT2D eigenvalue weighted by atomic mass is 10.1. The van der Waals surface area contributed by atoms with E-state index in [-0.39, 0.29) is 17.7 Å². The van der Waals surface area contributed by atoms with Gasteiger partial charge in [0.25, 0.3) is 11.8 Å². The third-order valence-electron chi connectivity index (χ3n) is 6.44. The van der Waals surface area contributed by atoms with Crippen LogP contribution in [0.3, 0.4) is 0 Å². The average Bonchev–Trinajstić information content (AvgIpc) is 3.53. The van der Waals surface area contributed by atoms with E-state index in [1.54, 1.807) is 42.3 Å². The maximum Gasteiger partial charge on any atom is 0.298 e. The summed E-state index contributed by atoms with van der Waals surface area (Å²) >= 11 is 0. The van der Waals surface area contributed by atoms with Gasteiger partial charge in [-0.15, -0.1) is 0 Å². The Balaban J connectivity index is 1.49. The van der Waals surface area contributed by atoms with E-state index in [0.717, 1.165) is 40.4 Å². The Morgan fingerprint density at radius 1 is 1.08 bits per heavy atom. The Kier molecular flexibility index (Phi) is 6.21. The van der Waals surface area contributed by atoms with Gasteiger partial charge in [0.1, 0.15) is 11.6 Å². The van der Waals surface area contributed by atoms with Crippen LogP contribution in [0.25, 0.3) is 16.8 Å². The number of aromatic nitrogens is 4. The maximum absolute atomic E-state index is 12.7. The van der Waals surface area contributed by atoms with Crippen molar-refractivity contribution in [2.24, 2.45) is 0 Å². The molecule has 8 nitrogen and oxygen atoms in total. The van der Waals surface area contributed by atoms with Gasteiger partial charge in [-0.05, 0) is 57.4 Å². The minimum absolute atomic E-state index is 0.0952. The summed E-state index contributed by atoms with van der Waals surface area (Å²) in [4.78, 5) is 40.6. The number of carbonyl (C=O) groups excluding carboxylic acids is 2. The van der Waals surface area contributed by atoms with Gasteiger partial charge in [-0.25, -0.2) is 9.97 Å². The molecule has 0 saturated carbocycles. The number of benzene rings is 1. The predicted molar refractivity (Wildman–Crippen MR) is 137 cm³/mol. The lowest BCUT2D eigenvalue weighted by Crippen LogP contribution is -2.27. The van der Waals surface area contributed by atoms with Crippen molar-refractivity contribution >= 4 is 23.1 Å². The zero-order valence-corrected chi connectivity index (χ0v) is 20.4. The molecule has 0 spiro atoms. The predicted octanol–water partition coefficient (Wildman–Crippen LogP) is 4.00. The zero-order valence-electron chi connectivity index (χ0n) is 20.4. The second-order valence-corrected chi connectivity index (χ2v) is 8.85. The molecule has 180 valence electrons. The van der Waals surface area contributed by atoms with Crippen molar-refractivity contribution in [2.45, 2.75) is 33.1 Å². The van der Waals surface area contributed by atoms with Crippen LogP contribution in [-0.2, 0) is 4.79 Å². The molecule has 1 N–H and O–H groups in total. The highest BCUT2D eigenvalue weighted by Crippen LogP contribution is 2.34. The topological polar surface area (TPSA) is 92.5 Å². The number of nitrogens with zero attached hydrogens (tertiary/aromatic N) is 5. The summed E-state index contributed by atoms with van der Waals surface area (Å²) in [6, 6.07) is 12.8. The highest BCUT2D eigenvalue weighted by molar-refractivity contribution is 6.04. The SMILES string of the molecule is CC#CC(=O)N1CCC(c2nc(-c3ccc(C(=O)Nc4ccccn4)cc3)c3c(C)ncc(C)n23)C1. The largest absolute Gasteiger partial charge is 0.331 e. The summed E-state index contributed by atoms with van der Waals surface area (Å²) in [5.74, 6) is 6.48. The van der Waals surface area contributed by atoms with Gasteiger partial charge in [0.15, 0.2) is 0 Å². The minimum atomic E-state index is -0.227. The molecule has 2 amide bonds. The fourth-order valence-corrected chi connectivity index (χ4v) is 4.66. The number of nitrogens with one attached hydrogen (secondary N) is 1. The molecule has 1 aromatic carbocycles. The zero-order chi connectivity index (χ0) is 25.2. The first-order valence-electron chi connectivity index (χ1n) is 11.8. The molecule has 0 radical (unpaired) electrons. The molecule has 1 atom stereocenters. The van der Waals surface area contributed by atoms with Gasteiger partial charge in [0, 0.05) is 48.2 Å². The molecular formula is C28H26N6O2. The number of aryl methyl sites for hydroxylation is 2. The van der Waals surface area contributed by atoms with Crippen LogP contribution in [0.1, 0.15) is 46.8 Å². The number of fused-ring (bicyclic) bond motifs is 1. The lowest BCUT2D eigenvalue weighted by molar-refractivity contribution is -0.124. The molecule has 4 aromatic rings. The summed E-state index contributed by atoms with van der Waals surface area (Å²) < 4.78 is 2.16. The molecular weight excluding hydrogens is 452 g/mol. The van der Waals surface area contributed by atoms with Crippen LogP contribution in [0.4, 0.5) is 5.82 Å². The van der Waals surface area contributed by atoms with Crippen LogP contribution >= 0.6 is 0 Å². The average molecular weight is 479 g/mol. The quantitative estimate of drug-likeness (QED) is 0.448. The first-order valence-corrected chi connectivity index (χ1v) is 11.8. The molecule has 8 heteroatoms. The third-order valence-corrected chi connectivity index (χ3v) is 6.44. The standard InChI is InChI=1S/C28H26N6O2/c1-4-7-24(35)33-15-13-22(17-33)27-32-25(26-19(3)30-16-18(2)34(26)27)20-9-11-21(12-10-20)28(36)31-23-8-5-6-14-29-23/h5-6,8-12,14,16,22H,13,15,17H2,1-3H3,(H,29,31,36). The van der Waals surface area contributed by atoms with Crippen LogP contribution < -0.4 is 5.32 Å². The highest BCUT2D eigenvalue weighted by Gasteiger charge is 2.31. The Labute approximate surface area is 209 Å². The maximum atomic E-state index is 12.7. The third kappa shape index (κ3) is 4.31. The van der Waals surface area contributed by atoms with Crippen molar-refractivity contribution in [1.82, 2.24) is 24.3 Å². The monoisotopic (exact) mass is 478 g/mol. The van der Waals surface area contributed by atoms with Gasteiger partial charge >= 0.3 is 0 Å². The van der Waals surface area contributed by atoms with Crippen molar-refractivity contribution in [3.8, 4) is 23.1 Å². The summed E-state index contributed by atoms with van der Waals surface area (Å²) in [5.41, 5.74) is 5.03. The number of anilines is 1. The highest BCUT2D eigenvalue weighted by atomic mass is 16.2. The number of rotatable bonds is 4. The van der Waals surface area contributed by atoms with Gasteiger partial charge in [-0.2, -0.15) is 0 Å². The van der Waals surface area contributed by atoms with Gasteiger partial charge < -0.3 is 10.2 Å². The Morgan fingerprint density at radius 2 is 1.89 bits per heavy atom. The second-order valence-electron chi connectivity index (χ2n) is 8.85. The van der Waals surface area contributed by atoms with Gasteiger partial charge in [-0.1, -0.05) is 24.1 Å². The molecule has 0 bridgehead atoms. The molecule has 0 aliphatic carbocycles. The van der Waals surface area contributed by atoms with E-state index in [1.165, 1.54) is 0 Å². The van der Waals surface area contributed by atoms with Crippen molar-refractivity contribution < 1.29 is 9.59 Å². The van der Waals surface area contributed by atoms with Crippen LogP contribution in [-0.4, -0.2) is 49.2 Å². The minimum Gasteiger partial charge on any atom is -0.331 e. The number of hydrogen-bond donors (Lipinski definition) is 1. The molecule has 36 heavy (non-hydrogen) atoms. The van der Waals surface area contributed by atoms with E-state index in [1.807, 2.05) is 38.2 Å². The molecule has 1 fully saturated rings. The molecule has 3 aromatic heterocycles. The number of pyridine rings is 1. The number of amides is 2. The smallest absolute Gasteiger partial charge is 0.298 e. The van der Waals surface area contributed by atoms with Gasteiger partial charge in [-0.3, -0.25) is 19.0 Å². The van der Waals surface area contributed by atoms with Crippen LogP contribution in [0.2, 0.25) is 0 Å². The summed E-state index contributed by atoms with van der Waals surface area (Å²) in [6.45, 7) is 6.90. The molecule has 1 saturated heterocycles. The van der Waals surface area contributed by atoms with Crippen molar-refractivity contribution in [3.63, 3.8) is 0 Å². The molecule has 4 heterocycles. The second kappa shape index (κ2) is 9.62. The normalized spacial score (nSPS) is 15.0. The van der Waals surface area contributed by atoms with Crippen LogP contribution in [0.5, 0.6) is 0 Å². The Bertz CT molecular complexity index is 1510. The van der Waals surface area contributed by atoms with E-state index in [4.69, 9.17) is 4.98 Å². The van der Waals surface area contributed by atoms with Crippen molar-refractivity contribution in [1.29, 1.82) is 0 Å². The van der Waals surface area contributed by atoms with E-state index in [9.17, 15) is 9.59 Å². The van der Waals surface area contributed by atoms with Crippen molar-refractivity contribution in [3.05, 3.63) is 77.6 Å². The van der Waals surface area contributed by atoms with Crippen LogP contribution in [0, 0.1) is 25.7 Å². The van der Waals surface area contributed by atoms with Gasteiger partial charge in [0.05, 0.1) is 16.9 Å². The number of hydrogen-bond acceptors (Lipinski definition) is 5. The fraction of sp³-hybridized carbons (Fsp3) is 0.250. The lowest BCUT2D eigenvalue weighted by Gasteiger charge is -2.13. The van der Waals surface area contributed by atoms with E-state index in [0.29, 0.717) is 24.5 Å². The first-order chi connectivity index (χ1) is 17.5. The molecule has 1 aliphatic heterocycles. The number of likely N-dealkylation sites (tertiary alicyclic amines) is 1. The summed E-state index contributed by atoms with van der Waals surface area (Å²) in [7, 11) is 0. The summed E-state index contributed by atoms with van der Waals surface area (Å²) in [5, 5.41) is 2.81. The summed E-state index contributed by atoms with van der Waals surface area (Å²) in [6.07, 6.45) is 4.31. The van der Waals surface area contributed by atoms with E-state index < -0.39 is 0 Å². The first kappa shape index (κ1) is 23.2. The molecule has 5 rings (SSSR count).